The third-order valence-electron chi connectivity index (χ3n) is 3.14. The Labute approximate surface area is 102 Å². The van der Waals surface area contributed by atoms with Crippen molar-refractivity contribution in [3.63, 3.8) is 0 Å². The van der Waals surface area contributed by atoms with E-state index in [0.717, 1.165) is 11.6 Å². The Kier molecular flexibility index (Phi) is 4.32. The van der Waals surface area contributed by atoms with Crippen LogP contribution in [0.1, 0.15) is 35.7 Å². The second kappa shape index (κ2) is 5.75. The first kappa shape index (κ1) is 12.0. The summed E-state index contributed by atoms with van der Waals surface area (Å²) in [5, 5.41) is 4.72. The molecule has 0 saturated carbocycles. The largest absolute Gasteiger partial charge is 0.308 e. The predicted octanol–water partition coefficient (Wildman–Crippen LogP) is 2.20. The molecule has 1 aromatic rings. The number of aryl methyl sites for hydroxylation is 1. The Morgan fingerprint density at radius 3 is 2.88 bits per heavy atom. The Morgan fingerprint density at radius 1 is 1.50 bits per heavy atom. The monoisotopic (exact) mass is 239 g/mol. The van der Waals surface area contributed by atoms with Gasteiger partial charge in [0.05, 0.1) is 5.01 Å². The summed E-state index contributed by atoms with van der Waals surface area (Å²) in [4.78, 5) is 8.18. The number of thiazole rings is 1. The molecule has 1 saturated heterocycles. The minimum Gasteiger partial charge on any atom is -0.308 e. The van der Waals surface area contributed by atoms with E-state index in [1.165, 1.54) is 37.4 Å². The van der Waals surface area contributed by atoms with E-state index < -0.39 is 0 Å². The van der Waals surface area contributed by atoms with Crippen LogP contribution < -0.4 is 5.32 Å². The molecule has 0 spiro atoms. The highest BCUT2D eigenvalue weighted by Crippen LogP contribution is 2.19. The third kappa shape index (κ3) is 3.27. The minimum atomic E-state index is 0.439. The van der Waals surface area contributed by atoms with Crippen LogP contribution in [0.25, 0.3) is 0 Å². The molecule has 0 radical (unpaired) electrons. The molecule has 0 amide bonds. The molecule has 0 aromatic carbocycles. The van der Waals surface area contributed by atoms with Gasteiger partial charge in [0.1, 0.15) is 0 Å². The van der Waals surface area contributed by atoms with Crippen molar-refractivity contribution in [3.8, 4) is 0 Å². The molecule has 1 atom stereocenters. The molecule has 1 aliphatic heterocycles. The summed E-state index contributed by atoms with van der Waals surface area (Å²) in [6.07, 6.45) is 4.75. The molecule has 2 rings (SSSR count). The van der Waals surface area contributed by atoms with Gasteiger partial charge in [-0.25, -0.2) is 4.98 Å². The maximum Gasteiger partial charge on any atom is 0.0897 e. The molecule has 0 bridgehead atoms. The van der Waals surface area contributed by atoms with Crippen LogP contribution in [-0.4, -0.2) is 36.1 Å². The summed E-state index contributed by atoms with van der Waals surface area (Å²) in [6, 6.07) is 0.439. The van der Waals surface area contributed by atoms with Gasteiger partial charge >= 0.3 is 0 Å². The van der Waals surface area contributed by atoms with Crippen LogP contribution in [0.2, 0.25) is 0 Å². The van der Waals surface area contributed by atoms with Gasteiger partial charge in [0.2, 0.25) is 0 Å². The minimum absolute atomic E-state index is 0.439. The molecule has 90 valence electrons. The summed E-state index contributed by atoms with van der Waals surface area (Å²) in [5.74, 6) is 0. The molecule has 4 heteroatoms. The van der Waals surface area contributed by atoms with E-state index in [-0.39, 0.29) is 0 Å². The van der Waals surface area contributed by atoms with Gasteiger partial charge in [0.25, 0.3) is 0 Å². The van der Waals surface area contributed by atoms with Crippen molar-refractivity contribution in [2.24, 2.45) is 0 Å². The lowest BCUT2D eigenvalue weighted by atomic mass is 10.3. The van der Waals surface area contributed by atoms with Crippen molar-refractivity contribution in [3.05, 3.63) is 16.1 Å². The van der Waals surface area contributed by atoms with Crippen molar-refractivity contribution in [2.75, 3.05) is 26.2 Å². The Morgan fingerprint density at radius 2 is 2.25 bits per heavy atom. The van der Waals surface area contributed by atoms with Crippen LogP contribution in [0, 0.1) is 6.92 Å². The van der Waals surface area contributed by atoms with E-state index in [1.54, 1.807) is 11.3 Å². The quantitative estimate of drug-likeness (QED) is 0.854. The van der Waals surface area contributed by atoms with Crippen LogP contribution in [0.5, 0.6) is 0 Å². The highest BCUT2D eigenvalue weighted by molar-refractivity contribution is 7.11. The molecular weight excluding hydrogens is 218 g/mol. The fourth-order valence-electron chi connectivity index (χ4n) is 2.12. The highest BCUT2D eigenvalue weighted by atomic mass is 32.1. The molecule has 1 aromatic heterocycles. The zero-order valence-corrected chi connectivity index (χ0v) is 11.0. The molecule has 1 fully saturated rings. The van der Waals surface area contributed by atoms with Gasteiger partial charge < -0.3 is 10.2 Å². The van der Waals surface area contributed by atoms with Gasteiger partial charge in [-0.3, -0.25) is 0 Å². The Balaban J connectivity index is 1.69. The number of rotatable bonds is 5. The molecule has 2 heterocycles. The number of hydrogen-bond acceptors (Lipinski definition) is 4. The normalized spacial score (nSPS) is 19.1. The average molecular weight is 239 g/mol. The van der Waals surface area contributed by atoms with Crippen molar-refractivity contribution in [2.45, 2.75) is 32.7 Å². The summed E-state index contributed by atoms with van der Waals surface area (Å²) in [7, 11) is 0. The lowest BCUT2D eigenvalue weighted by molar-refractivity contribution is 0.330. The second-order valence-electron chi connectivity index (χ2n) is 4.51. The van der Waals surface area contributed by atoms with Crippen molar-refractivity contribution in [1.82, 2.24) is 15.2 Å². The molecule has 1 aliphatic rings. The number of nitrogens with zero attached hydrogens (tertiary/aromatic N) is 2. The molecule has 16 heavy (non-hydrogen) atoms. The van der Waals surface area contributed by atoms with E-state index >= 15 is 0 Å². The smallest absolute Gasteiger partial charge is 0.0897 e. The summed E-state index contributed by atoms with van der Waals surface area (Å²) in [5.41, 5.74) is 0. The lowest BCUT2D eigenvalue weighted by Gasteiger charge is -2.17. The van der Waals surface area contributed by atoms with E-state index in [4.69, 9.17) is 0 Å². The number of hydrogen-bond donors (Lipinski definition) is 1. The molecule has 1 unspecified atom stereocenters. The molecular formula is C12H21N3S. The molecule has 0 aliphatic carbocycles. The van der Waals surface area contributed by atoms with Crippen molar-refractivity contribution >= 4 is 11.3 Å². The molecule has 3 nitrogen and oxygen atoms in total. The standard InChI is InChI=1S/C12H21N3S/c1-10(12-9-14-11(2)16-12)13-5-8-15-6-3-4-7-15/h9-10,13H,3-8H2,1-2H3. The average Bonchev–Trinajstić information content (AvgIpc) is 2.89. The van der Waals surface area contributed by atoms with Crippen LogP contribution in [0.15, 0.2) is 6.20 Å². The Bertz CT molecular complexity index is 318. The van der Waals surface area contributed by atoms with Gasteiger partial charge in [-0.2, -0.15) is 0 Å². The van der Waals surface area contributed by atoms with Gasteiger partial charge in [0.15, 0.2) is 0 Å². The van der Waals surface area contributed by atoms with Crippen molar-refractivity contribution < 1.29 is 0 Å². The maximum absolute atomic E-state index is 4.29. The predicted molar refractivity (Wildman–Crippen MR) is 68.9 cm³/mol. The van der Waals surface area contributed by atoms with E-state index in [1.807, 2.05) is 6.20 Å². The molecule has 1 N–H and O–H groups in total. The van der Waals surface area contributed by atoms with Gasteiger partial charge in [0, 0.05) is 30.2 Å². The van der Waals surface area contributed by atoms with E-state index in [0.29, 0.717) is 6.04 Å². The second-order valence-corrected chi connectivity index (χ2v) is 5.77. The number of likely N-dealkylation sites (tertiary alicyclic amines) is 1. The van der Waals surface area contributed by atoms with Crippen LogP contribution in [0.3, 0.4) is 0 Å². The highest BCUT2D eigenvalue weighted by Gasteiger charge is 2.12. The number of nitrogens with one attached hydrogen (secondary N) is 1. The van der Waals surface area contributed by atoms with Crippen LogP contribution >= 0.6 is 11.3 Å². The lowest BCUT2D eigenvalue weighted by Crippen LogP contribution is -2.31. The summed E-state index contributed by atoms with van der Waals surface area (Å²) in [6.45, 7) is 9.12. The van der Waals surface area contributed by atoms with Gasteiger partial charge in [-0.05, 0) is 39.8 Å². The maximum atomic E-state index is 4.29. The third-order valence-corrected chi connectivity index (χ3v) is 4.24. The van der Waals surface area contributed by atoms with Crippen LogP contribution in [0.4, 0.5) is 0 Å². The first-order valence-corrected chi connectivity index (χ1v) is 6.95. The first-order chi connectivity index (χ1) is 7.75. The Hall–Kier alpha value is -0.450. The van der Waals surface area contributed by atoms with Gasteiger partial charge in [-0.1, -0.05) is 0 Å². The number of aromatic nitrogens is 1. The van der Waals surface area contributed by atoms with Gasteiger partial charge in [-0.15, -0.1) is 11.3 Å². The summed E-state index contributed by atoms with van der Waals surface area (Å²) < 4.78 is 0. The fraction of sp³-hybridized carbons (Fsp3) is 0.750. The zero-order valence-electron chi connectivity index (χ0n) is 10.2. The zero-order chi connectivity index (χ0) is 11.4. The van der Waals surface area contributed by atoms with E-state index in [9.17, 15) is 0 Å². The van der Waals surface area contributed by atoms with Crippen molar-refractivity contribution in [1.29, 1.82) is 0 Å². The van der Waals surface area contributed by atoms with Crippen LogP contribution in [-0.2, 0) is 0 Å². The van der Waals surface area contributed by atoms with E-state index in [2.05, 4.69) is 29.0 Å². The SMILES string of the molecule is Cc1ncc(C(C)NCCN2CCCC2)s1. The topological polar surface area (TPSA) is 28.2 Å². The summed E-state index contributed by atoms with van der Waals surface area (Å²) >= 11 is 1.79. The fourth-order valence-corrected chi connectivity index (χ4v) is 2.94. The first-order valence-electron chi connectivity index (χ1n) is 6.14.